The van der Waals surface area contributed by atoms with Crippen LogP contribution in [0.15, 0.2) is 162 Å². The Bertz CT molecular complexity index is 2900. The lowest BCUT2D eigenvalue weighted by Crippen LogP contribution is -2.57. The Labute approximate surface area is 320 Å². The fourth-order valence-electron chi connectivity index (χ4n) is 12.6. The second-order valence-electron chi connectivity index (χ2n) is 16.9. The van der Waals surface area contributed by atoms with Gasteiger partial charge in [-0.3, -0.25) is 0 Å². The molecular weight excluding hydrogens is 669 g/mol. The third-order valence-corrected chi connectivity index (χ3v) is 14.3. The highest BCUT2D eigenvalue weighted by Gasteiger charge is 2.61. The summed E-state index contributed by atoms with van der Waals surface area (Å²) in [5.74, 6) is 3.19. The Hall–Kier alpha value is -6.06. The van der Waals surface area contributed by atoms with Gasteiger partial charge in [0.1, 0.15) is 11.2 Å². The molecule has 0 saturated heterocycles. The van der Waals surface area contributed by atoms with Crippen molar-refractivity contribution in [1.82, 2.24) is 4.57 Å². The highest BCUT2D eigenvalue weighted by Crippen LogP contribution is 2.69. The molecule has 4 fully saturated rings. The summed E-state index contributed by atoms with van der Waals surface area (Å²) in [6.45, 7) is 0. The van der Waals surface area contributed by atoms with Gasteiger partial charge in [0.2, 0.25) is 0 Å². The molecule has 1 spiro atoms. The minimum atomic E-state index is 0.0612. The number of para-hydroxylation sites is 5. The average Bonchev–Trinajstić information content (AvgIpc) is 3.78. The topological polar surface area (TPSA) is 21.3 Å². The molecule has 0 atom stereocenters. The summed E-state index contributed by atoms with van der Waals surface area (Å²) in [6, 6.07) is 59.0. The van der Waals surface area contributed by atoms with Crippen molar-refractivity contribution in [2.75, 3.05) is 4.90 Å². The molecule has 3 nitrogen and oxygen atoms in total. The van der Waals surface area contributed by atoms with E-state index >= 15 is 0 Å². The summed E-state index contributed by atoms with van der Waals surface area (Å²) in [5, 5.41) is 4.85. The van der Waals surface area contributed by atoms with Gasteiger partial charge in [-0.15, -0.1) is 0 Å². The van der Waals surface area contributed by atoms with Crippen LogP contribution < -0.4 is 4.90 Å². The Morgan fingerprint density at radius 2 is 1.02 bits per heavy atom. The molecule has 14 rings (SSSR count). The highest BCUT2D eigenvalue weighted by atomic mass is 16.3. The van der Waals surface area contributed by atoms with Crippen LogP contribution in [0.1, 0.15) is 43.2 Å². The van der Waals surface area contributed by atoms with E-state index in [4.69, 9.17) is 4.42 Å². The Kier molecular flexibility index (Phi) is 6.06. The van der Waals surface area contributed by atoms with Crippen LogP contribution in [0.3, 0.4) is 0 Å². The van der Waals surface area contributed by atoms with Crippen LogP contribution >= 0.6 is 0 Å². The molecular formula is C52H40N2O. The van der Waals surface area contributed by atoms with Crippen LogP contribution in [0, 0.1) is 23.7 Å². The predicted molar refractivity (Wildman–Crippen MR) is 226 cm³/mol. The van der Waals surface area contributed by atoms with Crippen LogP contribution in [-0.2, 0) is 5.41 Å². The summed E-state index contributed by atoms with van der Waals surface area (Å²) >= 11 is 0. The summed E-state index contributed by atoms with van der Waals surface area (Å²) < 4.78 is 8.95. The van der Waals surface area contributed by atoms with E-state index in [9.17, 15) is 0 Å². The lowest BCUT2D eigenvalue weighted by Gasteiger charge is -2.64. The summed E-state index contributed by atoms with van der Waals surface area (Å²) in [5.41, 5.74) is 14.8. The van der Waals surface area contributed by atoms with Gasteiger partial charge in [0.05, 0.1) is 22.4 Å². The van der Waals surface area contributed by atoms with Gasteiger partial charge in [0, 0.05) is 38.3 Å². The smallest absolute Gasteiger partial charge is 0.136 e. The molecule has 264 valence electrons. The largest absolute Gasteiger partial charge is 0.456 e. The summed E-state index contributed by atoms with van der Waals surface area (Å²) in [4.78, 5) is 2.61. The molecule has 4 aliphatic carbocycles. The van der Waals surface area contributed by atoms with Gasteiger partial charge >= 0.3 is 0 Å². The predicted octanol–water partition coefficient (Wildman–Crippen LogP) is 13.9. The summed E-state index contributed by atoms with van der Waals surface area (Å²) in [7, 11) is 0. The number of nitrogens with zero attached hydrogens (tertiary/aromatic N) is 2. The lowest BCUT2D eigenvalue weighted by molar-refractivity contribution is -0.0419. The third kappa shape index (κ3) is 4.01. The van der Waals surface area contributed by atoms with E-state index in [0.29, 0.717) is 11.8 Å². The molecule has 3 heterocycles. The van der Waals surface area contributed by atoms with E-state index in [-0.39, 0.29) is 5.41 Å². The van der Waals surface area contributed by atoms with E-state index in [0.717, 1.165) is 39.5 Å². The second kappa shape index (κ2) is 11.0. The maximum absolute atomic E-state index is 6.47. The van der Waals surface area contributed by atoms with Gasteiger partial charge in [-0.25, -0.2) is 0 Å². The van der Waals surface area contributed by atoms with Gasteiger partial charge < -0.3 is 13.9 Å². The van der Waals surface area contributed by atoms with Crippen molar-refractivity contribution < 1.29 is 4.42 Å². The monoisotopic (exact) mass is 708 g/mol. The highest BCUT2D eigenvalue weighted by molar-refractivity contribution is 6.13. The van der Waals surface area contributed by atoms with Gasteiger partial charge in [-0.1, -0.05) is 103 Å². The van der Waals surface area contributed by atoms with Gasteiger partial charge in [0.25, 0.3) is 0 Å². The zero-order valence-corrected chi connectivity index (χ0v) is 30.7. The minimum absolute atomic E-state index is 0.0612. The van der Waals surface area contributed by atoms with Crippen molar-refractivity contribution in [2.24, 2.45) is 23.7 Å². The number of rotatable bonds is 3. The lowest BCUT2D eigenvalue weighted by atomic mass is 9.41. The van der Waals surface area contributed by atoms with Crippen LogP contribution in [0.25, 0.3) is 60.6 Å². The maximum atomic E-state index is 6.47. The average molecular weight is 709 g/mol. The molecule has 55 heavy (non-hydrogen) atoms. The molecule has 1 aliphatic heterocycles. The van der Waals surface area contributed by atoms with Crippen molar-refractivity contribution in [3.8, 4) is 16.8 Å². The molecule has 0 amide bonds. The quantitative estimate of drug-likeness (QED) is 0.182. The number of furan rings is 1. The zero-order valence-electron chi connectivity index (χ0n) is 30.7. The molecule has 3 heteroatoms. The van der Waals surface area contributed by atoms with E-state index in [1.807, 2.05) is 0 Å². The van der Waals surface area contributed by atoms with E-state index in [2.05, 4.69) is 167 Å². The number of fused-ring (bicyclic) bond motifs is 8. The number of hydrogen-bond acceptors (Lipinski definition) is 2. The fourth-order valence-corrected chi connectivity index (χ4v) is 12.6. The molecule has 5 aliphatic rings. The molecule has 0 radical (unpaired) electrons. The van der Waals surface area contributed by atoms with E-state index in [1.165, 1.54) is 93.2 Å². The number of hydrogen-bond donors (Lipinski definition) is 0. The van der Waals surface area contributed by atoms with Crippen LogP contribution in [0.2, 0.25) is 0 Å². The number of anilines is 3. The summed E-state index contributed by atoms with van der Waals surface area (Å²) in [6.07, 6.45) is 6.92. The van der Waals surface area contributed by atoms with Gasteiger partial charge in [-0.2, -0.15) is 0 Å². The first-order valence-electron chi connectivity index (χ1n) is 20.3. The number of benzene rings is 7. The maximum Gasteiger partial charge on any atom is 0.136 e. The van der Waals surface area contributed by atoms with Crippen LogP contribution in [0.5, 0.6) is 0 Å². The number of aromatic nitrogens is 1. The molecule has 4 bridgehead atoms. The Balaban J connectivity index is 1.12. The van der Waals surface area contributed by atoms with Crippen LogP contribution in [0.4, 0.5) is 17.1 Å². The molecule has 4 saturated carbocycles. The Morgan fingerprint density at radius 1 is 0.473 bits per heavy atom. The van der Waals surface area contributed by atoms with Gasteiger partial charge in [0.15, 0.2) is 0 Å². The fraction of sp³-hybridized carbons (Fsp3) is 0.192. The van der Waals surface area contributed by atoms with Crippen molar-refractivity contribution in [3.63, 3.8) is 0 Å². The van der Waals surface area contributed by atoms with E-state index < -0.39 is 0 Å². The normalized spacial score (nSPS) is 21.9. The standard InChI is InChI=1S/C52H40N2O/c1-6-18-45-40(12-1)41-13-2-7-19-46(41)53(45)37-29-34(39-15-11-23-50-51(39)42-14-3-10-22-49(42)55-50)30-38(31-37)54-47-20-8-4-16-43(47)52(44-17-5-9-21-48(44)54)35-25-32-24-33(27-35)28-36(52)26-32/h1-23,29-33,35-36H,24-28H2. The van der Waals surface area contributed by atoms with Crippen molar-refractivity contribution in [2.45, 2.75) is 37.5 Å². The van der Waals surface area contributed by atoms with Crippen molar-refractivity contribution in [3.05, 3.63) is 169 Å². The molecule has 2 aromatic heterocycles. The second-order valence-corrected chi connectivity index (χ2v) is 16.9. The van der Waals surface area contributed by atoms with Crippen molar-refractivity contribution >= 4 is 60.8 Å². The first-order valence-corrected chi connectivity index (χ1v) is 20.3. The SMILES string of the molecule is c1ccc2c(c1)N(c1cc(-c3cccc4oc5ccccc5c34)cc(-n3c4ccccc4c4ccccc43)c1)c1ccccc1C21C2CC3CC(C2)CC1C3. The molecule has 7 aromatic carbocycles. The molecule has 0 N–H and O–H groups in total. The minimum Gasteiger partial charge on any atom is -0.456 e. The molecule has 0 unspecified atom stereocenters. The van der Waals surface area contributed by atoms with E-state index in [1.54, 1.807) is 0 Å². The first-order chi connectivity index (χ1) is 27.2. The van der Waals surface area contributed by atoms with Crippen LogP contribution in [-0.4, -0.2) is 4.57 Å². The van der Waals surface area contributed by atoms with Gasteiger partial charge in [-0.05, 0) is 133 Å². The third-order valence-electron chi connectivity index (χ3n) is 14.3. The Morgan fingerprint density at radius 3 is 1.69 bits per heavy atom. The molecule has 9 aromatic rings. The first kappa shape index (κ1) is 30.3. The van der Waals surface area contributed by atoms with Crippen molar-refractivity contribution in [1.29, 1.82) is 0 Å². The zero-order chi connectivity index (χ0) is 35.8.